The molecule has 0 atom stereocenters. The Morgan fingerprint density at radius 2 is 1.00 bits per heavy atom. The predicted molar refractivity (Wildman–Crippen MR) is 107 cm³/mol. The standard InChI is InChI=1S/C21H16Cl2N2O/c22-17-9-3-1-7-15(17)13-24-19-11-5-6-12-20(19)25(21(24)26)14-16-8-2-4-10-18(16)23/h1-12H,13-14H2. The van der Waals surface area contributed by atoms with Crippen molar-refractivity contribution in [2.75, 3.05) is 0 Å². The maximum absolute atomic E-state index is 13.2. The molecule has 1 aromatic heterocycles. The summed E-state index contributed by atoms with van der Waals surface area (Å²) in [7, 11) is 0. The van der Waals surface area contributed by atoms with Gasteiger partial charge < -0.3 is 0 Å². The molecule has 0 aliphatic heterocycles. The summed E-state index contributed by atoms with van der Waals surface area (Å²) in [4.78, 5) is 13.2. The summed E-state index contributed by atoms with van der Waals surface area (Å²) in [5.41, 5.74) is 3.51. The predicted octanol–water partition coefficient (Wildman–Crippen LogP) is 5.21. The summed E-state index contributed by atoms with van der Waals surface area (Å²) in [6.07, 6.45) is 0. The third kappa shape index (κ3) is 3.05. The van der Waals surface area contributed by atoms with E-state index in [9.17, 15) is 4.79 Å². The van der Waals surface area contributed by atoms with E-state index < -0.39 is 0 Å². The highest BCUT2D eigenvalue weighted by molar-refractivity contribution is 6.31. The number of nitrogens with zero attached hydrogens (tertiary/aromatic N) is 2. The molecule has 4 aromatic rings. The van der Waals surface area contributed by atoms with Crippen molar-refractivity contribution in [1.82, 2.24) is 9.13 Å². The number of imidazole rings is 1. The van der Waals surface area contributed by atoms with Gasteiger partial charge in [-0.05, 0) is 35.4 Å². The Morgan fingerprint density at radius 3 is 1.42 bits per heavy atom. The van der Waals surface area contributed by atoms with Crippen molar-refractivity contribution in [1.29, 1.82) is 0 Å². The summed E-state index contributed by atoms with van der Waals surface area (Å²) >= 11 is 12.6. The van der Waals surface area contributed by atoms with E-state index in [1.165, 1.54) is 0 Å². The SMILES string of the molecule is O=c1n(Cc2ccccc2Cl)c2ccccc2n1Cc1ccccc1Cl. The fourth-order valence-electron chi connectivity index (χ4n) is 3.17. The lowest BCUT2D eigenvalue weighted by molar-refractivity contribution is 0.701. The number of benzene rings is 3. The van der Waals surface area contributed by atoms with Crippen molar-refractivity contribution in [2.45, 2.75) is 13.1 Å². The van der Waals surface area contributed by atoms with Crippen molar-refractivity contribution >= 4 is 34.2 Å². The molecule has 0 spiro atoms. The van der Waals surface area contributed by atoms with Gasteiger partial charge in [0.25, 0.3) is 0 Å². The minimum atomic E-state index is -0.0777. The molecule has 4 rings (SSSR count). The van der Waals surface area contributed by atoms with Gasteiger partial charge >= 0.3 is 5.69 Å². The van der Waals surface area contributed by atoms with Gasteiger partial charge in [-0.15, -0.1) is 0 Å². The van der Waals surface area contributed by atoms with Gasteiger partial charge in [-0.2, -0.15) is 0 Å². The Balaban J connectivity index is 1.85. The molecule has 0 radical (unpaired) electrons. The number of rotatable bonds is 4. The van der Waals surface area contributed by atoms with E-state index >= 15 is 0 Å². The molecule has 3 nitrogen and oxygen atoms in total. The summed E-state index contributed by atoms with van der Waals surface area (Å²) < 4.78 is 3.51. The Morgan fingerprint density at radius 1 is 0.615 bits per heavy atom. The van der Waals surface area contributed by atoms with Crippen LogP contribution in [-0.2, 0) is 13.1 Å². The highest BCUT2D eigenvalue weighted by Gasteiger charge is 2.15. The van der Waals surface area contributed by atoms with Crippen molar-refractivity contribution in [3.63, 3.8) is 0 Å². The molecule has 0 saturated carbocycles. The highest BCUT2D eigenvalue weighted by Crippen LogP contribution is 2.21. The van der Waals surface area contributed by atoms with Crippen molar-refractivity contribution in [3.8, 4) is 0 Å². The number of para-hydroxylation sites is 2. The van der Waals surface area contributed by atoms with Crippen LogP contribution in [0.2, 0.25) is 10.0 Å². The normalized spacial score (nSPS) is 11.2. The summed E-state index contributed by atoms with van der Waals surface area (Å²) in [5.74, 6) is 0. The van der Waals surface area contributed by atoms with E-state index in [4.69, 9.17) is 23.2 Å². The average Bonchev–Trinajstić information content (AvgIpc) is 2.91. The van der Waals surface area contributed by atoms with E-state index in [2.05, 4.69) is 0 Å². The maximum Gasteiger partial charge on any atom is 0.329 e. The molecule has 0 bridgehead atoms. The molecule has 0 fully saturated rings. The third-order valence-electron chi connectivity index (χ3n) is 4.50. The van der Waals surface area contributed by atoms with Gasteiger partial charge in [0.2, 0.25) is 0 Å². The van der Waals surface area contributed by atoms with E-state index in [0.29, 0.717) is 23.1 Å². The Hall–Kier alpha value is -2.49. The lowest BCUT2D eigenvalue weighted by atomic mass is 10.2. The fourth-order valence-corrected chi connectivity index (χ4v) is 3.56. The largest absolute Gasteiger partial charge is 0.329 e. The van der Waals surface area contributed by atoms with E-state index in [0.717, 1.165) is 22.2 Å². The smallest absolute Gasteiger partial charge is 0.287 e. The summed E-state index contributed by atoms with van der Waals surface area (Å²) in [6.45, 7) is 0.850. The molecular weight excluding hydrogens is 367 g/mol. The molecule has 0 saturated heterocycles. The number of fused-ring (bicyclic) bond motifs is 1. The first-order valence-electron chi connectivity index (χ1n) is 8.30. The quantitative estimate of drug-likeness (QED) is 0.476. The molecule has 130 valence electrons. The topological polar surface area (TPSA) is 26.9 Å². The second-order valence-electron chi connectivity index (χ2n) is 6.13. The van der Waals surface area contributed by atoms with Crippen molar-refractivity contribution < 1.29 is 0 Å². The Bertz CT molecular complexity index is 1060. The van der Waals surface area contributed by atoms with Crippen LogP contribution < -0.4 is 5.69 Å². The first-order valence-corrected chi connectivity index (χ1v) is 9.05. The van der Waals surface area contributed by atoms with Gasteiger partial charge in [0, 0.05) is 10.0 Å². The molecule has 0 unspecified atom stereocenters. The van der Waals surface area contributed by atoms with Crippen LogP contribution in [0, 0.1) is 0 Å². The Labute approximate surface area is 161 Å². The zero-order chi connectivity index (χ0) is 18.1. The van der Waals surface area contributed by atoms with Crippen LogP contribution in [-0.4, -0.2) is 9.13 Å². The maximum atomic E-state index is 13.2. The molecule has 0 aliphatic carbocycles. The van der Waals surface area contributed by atoms with Crippen LogP contribution in [0.25, 0.3) is 11.0 Å². The number of aromatic nitrogens is 2. The molecule has 1 heterocycles. The monoisotopic (exact) mass is 382 g/mol. The van der Waals surface area contributed by atoms with Gasteiger partial charge in [-0.25, -0.2) is 4.79 Å². The summed E-state index contributed by atoms with van der Waals surface area (Å²) in [5, 5.41) is 1.31. The van der Waals surface area contributed by atoms with Gasteiger partial charge in [0.1, 0.15) is 0 Å². The third-order valence-corrected chi connectivity index (χ3v) is 5.24. The lowest BCUT2D eigenvalue weighted by Crippen LogP contribution is -2.25. The summed E-state index contributed by atoms with van der Waals surface area (Å²) in [6, 6.07) is 23.0. The average molecular weight is 383 g/mol. The molecule has 0 amide bonds. The first kappa shape index (κ1) is 17.0. The molecular formula is C21H16Cl2N2O. The van der Waals surface area contributed by atoms with Gasteiger partial charge in [-0.1, -0.05) is 71.7 Å². The highest BCUT2D eigenvalue weighted by atomic mass is 35.5. The van der Waals surface area contributed by atoms with Crippen LogP contribution in [0.5, 0.6) is 0 Å². The molecule has 0 aliphatic rings. The Kier molecular flexibility index (Phi) is 4.58. The molecule has 5 heteroatoms. The van der Waals surface area contributed by atoms with E-state index in [1.807, 2.05) is 72.8 Å². The number of hydrogen-bond acceptors (Lipinski definition) is 1. The van der Waals surface area contributed by atoms with Gasteiger partial charge in [-0.3, -0.25) is 9.13 Å². The lowest BCUT2D eigenvalue weighted by Gasteiger charge is -2.06. The van der Waals surface area contributed by atoms with Gasteiger partial charge in [0.05, 0.1) is 24.1 Å². The van der Waals surface area contributed by atoms with Crippen LogP contribution >= 0.6 is 23.2 Å². The van der Waals surface area contributed by atoms with Crippen molar-refractivity contribution in [2.24, 2.45) is 0 Å². The first-order chi connectivity index (χ1) is 12.6. The molecule has 26 heavy (non-hydrogen) atoms. The minimum absolute atomic E-state index is 0.0777. The van der Waals surface area contributed by atoms with Crippen LogP contribution in [0.1, 0.15) is 11.1 Å². The van der Waals surface area contributed by atoms with Crippen LogP contribution in [0.15, 0.2) is 77.6 Å². The van der Waals surface area contributed by atoms with Crippen molar-refractivity contribution in [3.05, 3.63) is 104 Å². The van der Waals surface area contributed by atoms with Crippen LogP contribution in [0.4, 0.5) is 0 Å². The fraction of sp³-hybridized carbons (Fsp3) is 0.0952. The van der Waals surface area contributed by atoms with E-state index in [-0.39, 0.29) is 5.69 Å². The van der Waals surface area contributed by atoms with E-state index in [1.54, 1.807) is 9.13 Å². The zero-order valence-corrected chi connectivity index (χ0v) is 15.4. The van der Waals surface area contributed by atoms with Crippen LogP contribution in [0.3, 0.4) is 0 Å². The van der Waals surface area contributed by atoms with Gasteiger partial charge in [0.15, 0.2) is 0 Å². The molecule has 3 aromatic carbocycles. The number of hydrogen-bond donors (Lipinski definition) is 0. The number of halogens is 2. The zero-order valence-electron chi connectivity index (χ0n) is 13.9. The minimum Gasteiger partial charge on any atom is -0.287 e. The molecule has 0 N–H and O–H groups in total. The second-order valence-corrected chi connectivity index (χ2v) is 6.94. The second kappa shape index (κ2) is 7.02.